The Bertz CT molecular complexity index is 248. The zero-order valence-electron chi connectivity index (χ0n) is 8.82. The van der Waals surface area contributed by atoms with Crippen LogP contribution in [0.4, 0.5) is 0 Å². The molecule has 0 aliphatic carbocycles. The normalized spacial score (nSPS) is 36.4. The first-order chi connectivity index (χ1) is 7.43. The molecule has 5 heteroatoms. The predicted octanol–water partition coefficient (Wildman–Crippen LogP) is -0.385. The summed E-state index contributed by atoms with van der Waals surface area (Å²) in [5.74, 6) is 0. The zero-order valence-corrected chi connectivity index (χ0v) is 8.82. The highest BCUT2D eigenvalue weighted by atomic mass is 15.5. The zero-order chi connectivity index (χ0) is 10.1. The molecule has 15 heavy (non-hydrogen) atoms. The number of piperidine rings is 1. The fourth-order valence-electron chi connectivity index (χ4n) is 2.44. The highest BCUT2D eigenvalue weighted by Gasteiger charge is 2.32. The molecule has 3 rings (SSSR count). The van der Waals surface area contributed by atoms with Gasteiger partial charge in [-0.1, -0.05) is 6.42 Å². The van der Waals surface area contributed by atoms with Gasteiger partial charge in [0.05, 0.1) is 6.17 Å². The number of hydrogen-bond donors (Lipinski definition) is 2. The lowest BCUT2D eigenvalue weighted by Gasteiger charge is -2.41. The van der Waals surface area contributed by atoms with Gasteiger partial charge in [-0.3, -0.25) is 15.6 Å². The lowest BCUT2D eigenvalue weighted by atomic mass is 10.1. The van der Waals surface area contributed by atoms with Gasteiger partial charge in [-0.25, -0.2) is 0 Å². The molecular weight excluding hydrogens is 190 g/mol. The molecule has 3 aliphatic rings. The van der Waals surface area contributed by atoms with E-state index in [1.807, 2.05) is 6.34 Å². The first-order valence-corrected chi connectivity index (χ1v) is 5.73. The molecule has 2 N–H and O–H groups in total. The van der Waals surface area contributed by atoms with Gasteiger partial charge in [0, 0.05) is 6.54 Å². The van der Waals surface area contributed by atoms with E-state index in [2.05, 4.69) is 32.2 Å². The maximum absolute atomic E-state index is 4.04. The third-order valence-corrected chi connectivity index (χ3v) is 3.34. The molecule has 0 amide bonds. The van der Waals surface area contributed by atoms with Crippen molar-refractivity contribution in [2.75, 3.05) is 19.6 Å². The molecule has 0 aromatic carbocycles. The van der Waals surface area contributed by atoms with E-state index in [9.17, 15) is 0 Å². The Labute approximate surface area is 90.5 Å². The first kappa shape index (κ1) is 9.42. The molecule has 2 unspecified atom stereocenters. The molecule has 0 aromatic rings. The van der Waals surface area contributed by atoms with Crippen molar-refractivity contribution < 1.29 is 0 Å². The molecule has 0 spiro atoms. The minimum Gasteiger partial charge on any atom is -0.335 e. The van der Waals surface area contributed by atoms with Gasteiger partial charge in [0.1, 0.15) is 19.0 Å². The van der Waals surface area contributed by atoms with Gasteiger partial charge in [-0.05, 0) is 25.9 Å². The average Bonchev–Trinajstić information content (AvgIpc) is 2.77. The Kier molecular flexibility index (Phi) is 2.50. The van der Waals surface area contributed by atoms with E-state index < -0.39 is 0 Å². The third kappa shape index (κ3) is 1.81. The molecule has 3 aliphatic heterocycles. The highest BCUT2D eigenvalue weighted by Crippen LogP contribution is 2.16. The summed E-state index contributed by atoms with van der Waals surface area (Å²) in [5.41, 5.74) is 2.99. The molecule has 2 radical (unpaired) electrons. The topological polar surface area (TPSA) is 42.9 Å². The largest absolute Gasteiger partial charge is 0.335 e. The smallest absolute Gasteiger partial charge is 0.139 e. The number of fused-ring (bicyclic) bond motifs is 1. The van der Waals surface area contributed by atoms with E-state index in [1.54, 1.807) is 0 Å². The Morgan fingerprint density at radius 1 is 1.27 bits per heavy atom. The molecular formula is C10H17N5. The SMILES string of the molecule is [C]1NC(N2CCCCC2)CN2C=NNC12. The third-order valence-electron chi connectivity index (χ3n) is 3.34. The second-order valence-electron chi connectivity index (χ2n) is 4.37. The molecule has 5 nitrogen and oxygen atoms in total. The van der Waals surface area contributed by atoms with Crippen LogP contribution in [-0.2, 0) is 0 Å². The lowest BCUT2D eigenvalue weighted by molar-refractivity contribution is 0.0894. The van der Waals surface area contributed by atoms with Crippen molar-refractivity contribution in [2.45, 2.75) is 31.6 Å². The Morgan fingerprint density at radius 2 is 2.13 bits per heavy atom. The Hall–Kier alpha value is -0.810. The van der Waals surface area contributed by atoms with Crippen molar-refractivity contribution in [3.63, 3.8) is 0 Å². The van der Waals surface area contributed by atoms with Crippen LogP contribution >= 0.6 is 0 Å². The number of nitrogens with one attached hydrogen (secondary N) is 2. The molecule has 0 aromatic heterocycles. The Balaban J connectivity index is 1.60. The van der Waals surface area contributed by atoms with Gasteiger partial charge in [-0.2, -0.15) is 5.10 Å². The Morgan fingerprint density at radius 3 is 3.00 bits per heavy atom. The van der Waals surface area contributed by atoms with Crippen LogP contribution in [0.5, 0.6) is 0 Å². The van der Waals surface area contributed by atoms with E-state index in [-0.39, 0.29) is 6.17 Å². The van der Waals surface area contributed by atoms with Gasteiger partial charge in [0.25, 0.3) is 0 Å². The minimum atomic E-state index is 0.131. The first-order valence-electron chi connectivity index (χ1n) is 5.73. The van der Waals surface area contributed by atoms with Crippen LogP contribution in [0.1, 0.15) is 19.3 Å². The highest BCUT2D eigenvalue weighted by molar-refractivity contribution is 5.57. The standard InChI is InChI=1S/C10H17N5/c1-2-4-14(5-3-1)10-7-15-8-12-13-9(15)6-11-10/h8-11,13H,1-5,7H2. The van der Waals surface area contributed by atoms with Gasteiger partial charge >= 0.3 is 0 Å². The van der Waals surface area contributed by atoms with Gasteiger partial charge in [-0.15, -0.1) is 0 Å². The second-order valence-corrected chi connectivity index (χ2v) is 4.37. The van der Waals surface area contributed by atoms with Gasteiger partial charge < -0.3 is 4.90 Å². The number of hydrogen-bond acceptors (Lipinski definition) is 5. The molecule has 82 valence electrons. The summed E-state index contributed by atoms with van der Waals surface area (Å²) in [5, 5.41) is 7.39. The van der Waals surface area contributed by atoms with E-state index in [0.717, 1.165) is 6.54 Å². The molecule has 3 heterocycles. The van der Waals surface area contributed by atoms with Crippen molar-refractivity contribution >= 4 is 6.34 Å². The average molecular weight is 207 g/mol. The fraction of sp³-hybridized carbons (Fsp3) is 0.800. The summed E-state index contributed by atoms with van der Waals surface area (Å²) in [6.07, 6.45) is 6.45. The van der Waals surface area contributed by atoms with E-state index in [1.165, 1.54) is 32.4 Å². The van der Waals surface area contributed by atoms with Crippen LogP contribution < -0.4 is 10.7 Å². The van der Waals surface area contributed by atoms with Crippen LogP contribution in [0, 0.1) is 6.54 Å². The maximum atomic E-state index is 4.04. The van der Waals surface area contributed by atoms with E-state index in [0.29, 0.717) is 6.17 Å². The summed E-state index contributed by atoms with van der Waals surface area (Å²) in [7, 11) is 0. The number of hydrazone groups is 1. The van der Waals surface area contributed by atoms with Crippen molar-refractivity contribution in [1.29, 1.82) is 0 Å². The van der Waals surface area contributed by atoms with Crippen molar-refractivity contribution in [1.82, 2.24) is 20.5 Å². The summed E-state index contributed by atoms with van der Waals surface area (Å²) in [4.78, 5) is 4.70. The van der Waals surface area contributed by atoms with Crippen LogP contribution in [-0.4, -0.2) is 48.1 Å². The van der Waals surface area contributed by atoms with Crippen LogP contribution in [0.25, 0.3) is 0 Å². The second kappa shape index (κ2) is 3.98. The quantitative estimate of drug-likeness (QED) is 0.615. The van der Waals surface area contributed by atoms with Crippen molar-refractivity contribution in [3.8, 4) is 0 Å². The van der Waals surface area contributed by atoms with Gasteiger partial charge in [0.2, 0.25) is 0 Å². The molecule has 2 saturated heterocycles. The number of piperazine rings is 1. The molecule has 0 saturated carbocycles. The molecule has 0 bridgehead atoms. The monoisotopic (exact) mass is 207 g/mol. The fourth-order valence-corrected chi connectivity index (χ4v) is 2.44. The van der Waals surface area contributed by atoms with Crippen LogP contribution in [0.3, 0.4) is 0 Å². The van der Waals surface area contributed by atoms with Crippen LogP contribution in [0.2, 0.25) is 0 Å². The predicted molar refractivity (Wildman–Crippen MR) is 57.7 cm³/mol. The molecule has 2 fully saturated rings. The summed E-state index contributed by atoms with van der Waals surface area (Å²) < 4.78 is 0. The molecule has 2 atom stereocenters. The van der Waals surface area contributed by atoms with E-state index >= 15 is 0 Å². The number of likely N-dealkylation sites (tertiary alicyclic amines) is 1. The summed E-state index contributed by atoms with van der Waals surface area (Å²) in [6.45, 7) is 6.64. The van der Waals surface area contributed by atoms with Crippen molar-refractivity contribution in [2.24, 2.45) is 5.10 Å². The number of rotatable bonds is 1. The summed E-state index contributed by atoms with van der Waals surface area (Å²) in [6, 6.07) is 0. The van der Waals surface area contributed by atoms with Gasteiger partial charge in [0.15, 0.2) is 0 Å². The number of nitrogens with zero attached hydrogens (tertiary/aromatic N) is 3. The maximum Gasteiger partial charge on any atom is 0.139 e. The van der Waals surface area contributed by atoms with E-state index in [4.69, 9.17) is 0 Å². The van der Waals surface area contributed by atoms with Crippen molar-refractivity contribution in [3.05, 3.63) is 6.54 Å². The minimum absolute atomic E-state index is 0.131. The lowest BCUT2D eigenvalue weighted by Crippen LogP contribution is -2.61. The van der Waals surface area contributed by atoms with Crippen LogP contribution in [0.15, 0.2) is 5.10 Å². The summed E-state index contributed by atoms with van der Waals surface area (Å²) >= 11 is 0.